The maximum Gasteiger partial charge on any atom is 0.195 e. The van der Waals surface area contributed by atoms with Crippen LogP contribution in [-0.2, 0) is 6.54 Å². The van der Waals surface area contributed by atoms with Gasteiger partial charge in [0.1, 0.15) is 0 Å². The minimum atomic E-state index is 0.548. The van der Waals surface area contributed by atoms with Gasteiger partial charge in [0.05, 0.1) is 24.1 Å². The van der Waals surface area contributed by atoms with Crippen LogP contribution in [0.25, 0.3) is 11.4 Å². The van der Waals surface area contributed by atoms with Crippen LogP contribution in [0.4, 0.5) is 0 Å². The van der Waals surface area contributed by atoms with E-state index in [0.29, 0.717) is 11.3 Å². The summed E-state index contributed by atoms with van der Waals surface area (Å²) in [4.78, 5) is 8.61. The maximum atomic E-state index is 5.29. The van der Waals surface area contributed by atoms with E-state index in [4.69, 9.17) is 12.2 Å². The Morgan fingerprint density at radius 2 is 1.95 bits per heavy atom. The number of aryl methyl sites for hydroxylation is 1. The van der Waals surface area contributed by atoms with Crippen LogP contribution < -0.4 is 0 Å². The molecule has 0 spiro atoms. The van der Waals surface area contributed by atoms with Crippen LogP contribution in [0.3, 0.4) is 0 Å². The van der Waals surface area contributed by atoms with E-state index in [2.05, 4.69) is 20.2 Å². The molecule has 0 aliphatic carbocycles. The highest BCUT2D eigenvalue weighted by Gasteiger charge is 2.09. The molecule has 1 aromatic carbocycles. The molecule has 3 aromatic rings. The van der Waals surface area contributed by atoms with Gasteiger partial charge >= 0.3 is 0 Å². The Morgan fingerprint density at radius 3 is 2.65 bits per heavy atom. The van der Waals surface area contributed by atoms with Gasteiger partial charge in [-0.2, -0.15) is 5.10 Å². The average Bonchev–Trinajstić information content (AvgIpc) is 2.84. The SMILES string of the molecule is Cc1cnc(Cn2c(-c3ccccc3)n[nH]c2=S)cn1. The number of nitrogens with zero attached hydrogens (tertiary/aromatic N) is 4. The van der Waals surface area contributed by atoms with Crippen LogP contribution in [-0.4, -0.2) is 24.7 Å². The molecule has 0 radical (unpaired) electrons. The van der Waals surface area contributed by atoms with Crippen molar-refractivity contribution in [3.8, 4) is 11.4 Å². The largest absolute Gasteiger partial charge is 0.294 e. The van der Waals surface area contributed by atoms with E-state index < -0.39 is 0 Å². The molecule has 0 bridgehead atoms. The van der Waals surface area contributed by atoms with E-state index in [1.165, 1.54) is 0 Å². The molecule has 0 aliphatic rings. The summed E-state index contributed by atoms with van der Waals surface area (Å²) in [5, 5.41) is 7.13. The summed E-state index contributed by atoms with van der Waals surface area (Å²) in [6, 6.07) is 9.93. The molecule has 5 nitrogen and oxygen atoms in total. The first-order valence-corrected chi connectivity index (χ1v) is 6.63. The fourth-order valence-electron chi connectivity index (χ4n) is 1.93. The summed E-state index contributed by atoms with van der Waals surface area (Å²) in [7, 11) is 0. The summed E-state index contributed by atoms with van der Waals surface area (Å²) in [6.45, 7) is 2.46. The normalized spacial score (nSPS) is 10.7. The van der Waals surface area contributed by atoms with E-state index >= 15 is 0 Å². The standard InChI is InChI=1S/C14H13N5S/c1-10-7-16-12(8-15-10)9-19-13(17-18-14(19)20)11-5-3-2-4-6-11/h2-8H,9H2,1H3,(H,18,20). The van der Waals surface area contributed by atoms with Crippen molar-refractivity contribution in [3.05, 3.63) is 58.9 Å². The van der Waals surface area contributed by atoms with Gasteiger partial charge in [-0.15, -0.1) is 0 Å². The first kappa shape index (κ1) is 12.7. The van der Waals surface area contributed by atoms with E-state index in [9.17, 15) is 0 Å². The molecule has 20 heavy (non-hydrogen) atoms. The molecule has 0 aliphatic heterocycles. The monoisotopic (exact) mass is 283 g/mol. The Bertz CT molecular complexity index is 758. The summed E-state index contributed by atoms with van der Waals surface area (Å²) >= 11 is 5.29. The molecule has 1 N–H and O–H groups in total. The van der Waals surface area contributed by atoms with Gasteiger partial charge in [0.25, 0.3) is 0 Å². The van der Waals surface area contributed by atoms with Crippen molar-refractivity contribution < 1.29 is 0 Å². The average molecular weight is 283 g/mol. The number of hydrogen-bond donors (Lipinski definition) is 1. The topological polar surface area (TPSA) is 59.4 Å². The van der Waals surface area contributed by atoms with Crippen molar-refractivity contribution >= 4 is 12.2 Å². The molecule has 3 rings (SSSR count). The number of H-pyrrole nitrogens is 1. The van der Waals surface area contributed by atoms with Gasteiger partial charge in [0.2, 0.25) is 0 Å². The van der Waals surface area contributed by atoms with Gasteiger partial charge in [-0.05, 0) is 19.1 Å². The number of benzene rings is 1. The molecule has 0 fully saturated rings. The first-order chi connectivity index (χ1) is 9.74. The van der Waals surface area contributed by atoms with Crippen LogP contribution in [0.5, 0.6) is 0 Å². The second-order valence-corrected chi connectivity index (χ2v) is 4.84. The van der Waals surface area contributed by atoms with Gasteiger partial charge in [0, 0.05) is 11.8 Å². The predicted octanol–water partition coefficient (Wildman–Crippen LogP) is 2.75. The fourth-order valence-corrected chi connectivity index (χ4v) is 2.13. The smallest absolute Gasteiger partial charge is 0.195 e. The quantitative estimate of drug-likeness (QED) is 0.751. The third-order valence-corrected chi connectivity index (χ3v) is 3.26. The van der Waals surface area contributed by atoms with Crippen LogP contribution in [0.2, 0.25) is 0 Å². The zero-order chi connectivity index (χ0) is 13.9. The molecule has 0 saturated carbocycles. The fraction of sp³-hybridized carbons (Fsp3) is 0.143. The lowest BCUT2D eigenvalue weighted by molar-refractivity contribution is 0.759. The van der Waals surface area contributed by atoms with Crippen LogP contribution >= 0.6 is 12.2 Å². The molecule has 0 unspecified atom stereocenters. The maximum absolute atomic E-state index is 5.29. The summed E-state index contributed by atoms with van der Waals surface area (Å²) in [5.74, 6) is 0.804. The molecule has 0 amide bonds. The summed E-state index contributed by atoms with van der Waals surface area (Å²) in [6.07, 6.45) is 3.51. The molecule has 0 atom stereocenters. The lowest BCUT2D eigenvalue weighted by Crippen LogP contribution is -2.05. The molecule has 100 valence electrons. The van der Waals surface area contributed by atoms with Crippen molar-refractivity contribution in [2.45, 2.75) is 13.5 Å². The Balaban J connectivity index is 2.00. The van der Waals surface area contributed by atoms with E-state index in [1.807, 2.05) is 41.8 Å². The zero-order valence-electron chi connectivity index (χ0n) is 10.9. The third-order valence-electron chi connectivity index (χ3n) is 2.94. The van der Waals surface area contributed by atoms with Crippen LogP contribution in [0, 0.1) is 11.7 Å². The van der Waals surface area contributed by atoms with Crippen molar-refractivity contribution in [1.82, 2.24) is 24.7 Å². The lowest BCUT2D eigenvalue weighted by Gasteiger charge is -2.06. The van der Waals surface area contributed by atoms with Gasteiger partial charge in [-0.25, -0.2) is 0 Å². The number of rotatable bonds is 3. The number of hydrogen-bond acceptors (Lipinski definition) is 4. The molecule has 6 heteroatoms. The van der Waals surface area contributed by atoms with Gasteiger partial charge in [-0.3, -0.25) is 19.6 Å². The molecule has 0 saturated heterocycles. The minimum absolute atomic E-state index is 0.548. The predicted molar refractivity (Wildman–Crippen MR) is 78.7 cm³/mol. The molecule has 2 heterocycles. The number of nitrogens with one attached hydrogen (secondary N) is 1. The van der Waals surface area contributed by atoms with Gasteiger partial charge < -0.3 is 0 Å². The van der Waals surface area contributed by atoms with Crippen molar-refractivity contribution in [1.29, 1.82) is 0 Å². The second kappa shape index (κ2) is 5.34. The van der Waals surface area contributed by atoms with Crippen molar-refractivity contribution in [2.75, 3.05) is 0 Å². The minimum Gasteiger partial charge on any atom is -0.294 e. The number of aromatic amines is 1. The van der Waals surface area contributed by atoms with Crippen molar-refractivity contribution in [2.24, 2.45) is 0 Å². The highest BCUT2D eigenvalue weighted by Crippen LogP contribution is 2.17. The van der Waals surface area contributed by atoms with Crippen LogP contribution in [0.15, 0.2) is 42.7 Å². The highest BCUT2D eigenvalue weighted by atomic mass is 32.1. The van der Waals surface area contributed by atoms with Crippen LogP contribution in [0.1, 0.15) is 11.4 Å². The van der Waals surface area contributed by atoms with Gasteiger partial charge in [0.15, 0.2) is 10.6 Å². The molecular weight excluding hydrogens is 270 g/mol. The number of aromatic nitrogens is 5. The zero-order valence-corrected chi connectivity index (χ0v) is 11.8. The molecule has 2 aromatic heterocycles. The second-order valence-electron chi connectivity index (χ2n) is 4.45. The Hall–Kier alpha value is -2.34. The first-order valence-electron chi connectivity index (χ1n) is 6.22. The highest BCUT2D eigenvalue weighted by molar-refractivity contribution is 7.71. The van der Waals surface area contributed by atoms with Gasteiger partial charge in [-0.1, -0.05) is 30.3 Å². The van der Waals surface area contributed by atoms with E-state index in [0.717, 1.165) is 22.8 Å². The van der Waals surface area contributed by atoms with E-state index in [1.54, 1.807) is 12.4 Å². The summed E-state index contributed by atoms with van der Waals surface area (Å²) < 4.78 is 2.50. The summed E-state index contributed by atoms with van der Waals surface area (Å²) in [5.41, 5.74) is 2.76. The van der Waals surface area contributed by atoms with E-state index in [-0.39, 0.29) is 0 Å². The third kappa shape index (κ3) is 2.50. The lowest BCUT2D eigenvalue weighted by atomic mass is 10.2. The molecular formula is C14H13N5S. The van der Waals surface area contributed by atoms with Crippen molar-refractivity contribution in [3.63, 3.8) is 0 Å². The Morgan fingerprint density at radius 1 is 1.15 bits per heavy atom. The Kier molecular flexibility index (Phi) is 3.39. The Labute approximate surface area is 121 Å².